The maximum atomic E-state index is 15.9. The molecule has 188 valence electrons. The number of nitrogens with zero attached hydrogens (tertiary/aromatic N) is 3. The molecule has 1 saturated carbocycles. The summed E-state index contributed by atoms with van der Waals surface area (Å²) in [6.07, 6.45) is 6.29. The Morgan fingerprint density at radius 3 is 2.64 bits per heavy atom. The van der Waals surface area contributed by atoms with E-state index in [0.717, 1.165) is 31.2 Å². The fraction of sp³-hybridized carbons (Fsp3) is 0.444. The van der Waals surface area contributed by atoms with E-state index in [1.165, 1.54) is 0 Å². The van der Waals surface area contributed by atoms with Gasteiger partial charge in [0.2, 0.25) is 11.8 Å². The van der Waals surface area contributed by atoms with Gasteiger partial charge in [0.25, 0.3) is 11.7 Å². The topological polar surface area (TPSA) is 110 Å². The minimum absolute atomic E-state index is 0.0274. The predicted octanol–water partition coefficient (Wildman–Crippen LogP) is 5.11. The highest BCUT2D eigenvalue weighted by atomic mass is 19.1. The van der Waals surface area contributed by atoms with Crippen LogP contribution >= 0.6 is 0 Å². The lowest BCUT2D eigenvalue weighted by Crippen LogP contribution is -2.30. The molecule has 2 heterocycles. The van der Waals surface area contributed by atoms with Crippen molar-refractivity contribution in [2.45, 2.75) is 70.8 Å². The summed E-state index contributed by atoms with van der Waals surface area (Å²) in [6, 6.07) is 6.68. The first kappa shape index (κ1) is 24.1. The Morgan fingerprint density at radius 2 is 1.92 bits per heavy atom. The maximum absolute atomic E-state index is 15.9. The molecule has 5 rings (SSSR count). The number of rotatable bonds is 5. The number of halogens is 1. The lowest BCUT2D eigenvalue weighted by molar-refractivity contribution is -0.117. The van der Waals surface area contributed by atoms with Crippen LogP contribution in [0.5, 0.6) is 0 Å². The standard InChI is InChI=1S/C27H30FN5O3/c1-27(2,3)26-32-23(33-36-26)25(35)30-20-7-5-4-6-19-18(20)11-10-17(22(19)28)16-12-13-29-21(14-16)31-24(34)15-8-9-15/h10-15,20H,4-9H2,1-3H3,(H,30,35)(H,29,31,34)/t20-/m0/s1. The van der Waals surface area contributed by atoms with Crippen LogP contribution in [0.25, 0.3) is 11.1 Å². The number of anilines is 1. The highest BCUT2D eigenvalue weighted by molar-refractivity contribution is 5.93. The first-order chi connectivity index (χ1) is 17.2. The normalized spacial score (nSPS) is 17.7. The molecule has 8 nitrogen and oxygen atoms in total. The van der Waals surface area contributed by atoms with Crippen LogP contribution in [0.2, 0.25) is 0 Å². The van der Waals surface area contributed by atoms with Crippen molar-refractivity contribution in [3.8, 4) is 11.1 Å². The summed E-state index contributed by atoms with van der Waals surface area (Å²) in [5.74, 6) is 0.0282. The van der Waals surface area contributed by atoms with Crippen molar-refractivity contribution >= 4 is 17.6 Å². The van der Waals surface area contributed by atoms with Gasteiger partial charge in [-0.25, -0.2) is 9.37 Å². The number of pyridine rings is 1. The summed E-state index contributed by atoms with van der Waals surface area (Å²) in [5.41, 5.74) is 2.07. The van der Waals surface area contributed by atoms with Gasteiger partial charge < -0.3 is 15.2 Å². The second kappa shape index (κ2) is 9.44. The van der Waals surface area contributed by atoms with Crippen molar-refractivity contribution in [2.75, 3.05) is 5.32 Å². The molecule has 1 fully saturated rings. The Balaban J connectivity index is 1.40. The Kier molecular flexibility index (Phi) is 6.32. The Labute approximate surface area is 209 Å². The molecule has 0 spiro atoms. The number of hydrogen-bond acceptors (Lipinski definition) is 6. The van der Waals surface area contributed by atoms with Crippen molar-refractivity contribution in [3.05, 3.63) is 59.1 Å². The molecular formula is C27H30FN5O3. The molecule has 1 atom stereocenters. The first-order valence-corrected chi connectivity index (χ1v) is 12.4. The number of fused-ring (bicyclic) bond motifs is 1. The molecule has 2 amide bonds. The molecule has 36 heavy (non-hydrogen) atoms. The van der Waals surface area contributed by atoms with Crippen LogP contribution in [0.15, 0.2) is 35.0 Å². The highest BCUT2D eigenvalue weighted by Gasteiger charge is 2.30. The Morgan fingerprint density at radius 1 is 1.11 bits per heavy atom. The van der Waals surface area contributed by atoms with E-state index in [1.807, 2.05) is 26.8 Å². The van der Waals surface area contributed by atoms with E-state index in [9.17, 15) is 9.59 Å². The van der Waals surface area contributed by atoms with Crippen molar-refractivity contribution < 1.29 is 18.5 Å². The quantitative estimate of drug-likeness (QED) is 0.480. The molecular weight excluding hydrogens is 461 g/mol. The lowest BCUT2D eigenvalue weighted by atomic mass is 9.93. The molecule has 2 aliphatic carbocycles. The fourth-order valence-corrected chi connectivity index (χ4v) is 4.48. The minimum Gasteiger partial charge on any atom is -0.342 e. The number of nitrogens with one attached hydrogen (secondary N) is 2. The molecule has 1 aromatic carbocycles. The number of hydrogen-bond donors (Lipinski definition) is 2. The summed E-state index contributed by atoms with van der Waals surface area (Å²) in [7, 11) is 0. The number of amides is 2. The monoisotopic (exact) mass is 491 g/mol. The van der Waals surface area contributed by atoms with Crippen LogP contribution in [0.4, 0.5) is 10.2 Å². The zero-order valence-electron chi connectivity index (χ0n) is 20.7. The van der Waals surface area contributed by atoms with Gasteiger partial charge in [-0.1, -0.05) is 44.5 Å². The van der Waals surface area contributed by atoms with Crippen LogP contribution in [0, 0.1) is 11.7 Å². The zero-order valence-corrected chi connectivity index (χ0v) is 20.7. The van der Waals surface area contributed by atoms with Crippen LogP contribution < -0.4 is 10.6 Å². The van der Waals surface area contributed by atoms with Crippen molar-refractivity contribution in [1.82, 2.24) is 20.4 Å². The van der Waals surface area contributed by atoms with Crippen molar-refractivity contribution in [1.29, 1.82) is 0 Å². The summed E-state index contributed by atoms with van der Waals surface area (Å²) in [4.78, 5) is 33.5. The first-order valence-electron chi connectivity index (χ1n) is 12.4. The third kappa shape index (κ3) is 5.01. The molecule has 2 N–H and O–H groups in total. The number of aromatic nitrogens is 3. The maximum Gasteiger partial charge on any atom is 0.293 e. The van der Waals surface area contributed by atoms with E-state index in [-0.39, 0.29) is 34.9 Å². The van der Waals surface area contributed by atoms with Gasteiger partial charge in [-0.05, 0) is 60.9 Å². The smallest absolute Gasteiger partial charge is 0.293 e. The molecule has 0 unspecified atom stereocenters. The van der Waals surface area contributed by atoms with E-state index in [2.05, 4.69) is 25.8 Å². The highest BCUT2D eigenvalue weighted by Crippen LogP contribution is 2.36. The van der Waals surface area contributed by atoms with Gasteiger partial charge in [0, 0.05) is 23.1 Å². The lowest BCUT2D eigenvalue weighted by Gasteiger charge is -2.20. The van der Waals surface area contributed by atoms with Gasteiger partial charge in [0.1, 0.15) is 11.6 Å². The summed E-state index contributed by atoms with van der Waals surface area (Å²) in [6.45, 7) is 5.78. The largest absolute Gasteiger partial charge is 0.342 e. The van der Waals surface area contributed by atoms with Crippen LogP contribution in [-0.4, -0.2) is 26.9 Å². The Hall–Kier alpha value is -3.62. The third-order valence-corrected chi connectivity index (χ3v) is 6.67. The van der Waals surface area contributed by atoms with Gasteiger partial charge in [0.05, 0.1) is 6.04 Å². The average molecular weight is 492 g/mol. The van der Waals surface area contributed by atoms with E-state index in [1.54, 1.807) is 24.4 Å². The van der Waals surface area contributed by atoms with E-state index in [0.29, 0.717) is 41.2 Å². The molecule has 0 bridgehead atoms. The second-order valence-electron chi connectivity index (χ2n) is 10.6. The Bertz CT molecular complexity index is 1310. The predicted molar refractivity (Wildman–Crippen MR) is 132 cm³/mol. The van der Waals surface area contributed by atoms with Crippen molar-refractivity contribution in [3.63, 3.8) is 0 Å². The summed E-state index contributed by atoms with van der Waals surface area (Å²) >= 11 is 0. The molecule has 2 aromatic heterocycles. The number of carbonyl (C=O) groups is 2. The van der Waals surface area contributed by atoms with Crippen molar-refractivity contribution in [2.24, 2.45) is 5.92 Å². The average Bonchev–Trinajstić information content (AvgIpc) is 3.60. The van der Waals surface area contributed by atoms with Crippen LogP contribution in [0.1, 0.15) is 86.6 Å². The molecule has 3 aromatic rings. The van der Waals surface area contributed by atoms with Gasteiger partial charge in [-0.15, -0.1) is 0 Å². The van der Waals surface area contributed by atoms with Gasteiger partial charge in [0.15, 0.2) is 0 Å². The van der Waals surface area contributed by atoms with Gasteiger partial charge >= 0.3 is 0 Å². The van der Waals surface area contributed by atoms with Gasteiger partial charge in [-0.3, -0.25) is 9.59 Å². The second-order valence-corrected chi connectivity index (χ2v) is 10.6. The number of benzene rings is 1. The molecule has 9 heteroatoms. The molecule has 0 saturated heterocycles. The van der Waals surface area contributed by atoms with Crippen LogP contribution in [-0.2, 0) is 16.6 Å². The summed E-state index contributed by atoms with van der Waals surface area (Å²) < 4.78 is 21.1. The molecule has 2 aliphatic rings. The summed E-state index contributed by atoms with van der Waals surface area (Å²) in [5, 5.41) is 9.64. The van der Waals surface area contributed by atoms with E-state index >= 15 is 4.39 Å². The SMILES string of the molecule is CC(C)(C)c1nc(C(=O)N[C@H]2CCCCc3c2ccc(-c2ccnc(NC(=O)C4CC4)c2)c3F)no1. The van der Waals surface area contributed by atoms with E-state index < -0.39 is 5.91 Å². The van der Waals surface area contributed by atoms with E-state index in [4.69, 9.17) is 4.52 Å². The fourth-order valence-electron chi connectivity index (χ4n) is 4.48. The van der Waals surface area contributed by atoms with Crippen LogP contribution in [0.3, 0.4) is 0 Å². The third-order valence-electron chi connectivity index (χ3n) is 6.67. The van der Waals surface area contributed by atoms with Gasteiger partial charge in [-0.2, -0.15) is 4.98 Å². The zero-order chi connectivity index (χ0) is 25.4. The molecule has 0 aliphatic heterocycles. The number of carbonyl (C=O) groups excluding carboxylic acids is 2. The minimum atomic E-state index is -0.443. The molecule has 0 radical (unpaired) electrons.